The van der Waals surface area contributed by atoms with Gasteiger partial charge in [0.1, 0.15) is 5.75 Å². The van der Waals surface area contributed by atoms with Gasteiger partial charge >= 0.3 is 5.97 Å². The first-order valence-electron chi connectivity index (χ1n) is 6.77. The summed E-state index contributed by atoms with van der Waals surface area (Å²) < 4.78 is 33.6. The van der Waals surface area contributed by atoms with E-state index in [9.17, 15) is 18.0 Å². The van der Waals surface area contributed by atoms with Crippen LogP contribution in [0.25, 0.3) is 0 Å². The predicted octanol–water partition coefficient (Wildman–Crippen LogP) is -0.104. The van der Waals surface area contributed by atoms with Crippen molar-refractivity contribution in [1.82, 2.24) is 5.32 Å². The van der Waals surface area contributed by atoms with Gasteiger partial charge in [-0.15, -0.1) is 0 Å². The van der Waals surface area contributed by atoms with Crippen molar-refractivity contribution in [3.8, 4) is 0 Å². The Hall–Kier alpha value is -1.15. The second kappa shape index (κ2) is 7.22. The zero-order valence-corrected chi connectivity index (χ0v) is 13.5. The van der Waals surface area contributed by atoms with Crippen molar-refractivity contribution in [2.24, 2.45) is 5.41 Å². The molecule has 0 heterocycles. The molecule has 0 radical (unpaired) electrons. The van der Waals surface area contributed by atoms with E-state index in [1.54, 1.807) is 6.92 Å². The summed E-state index contributed by atoms with van der Waals surface area (Å²) in [7, 11) is -0.773. The van der Waals surface area contributed by atoms with Gasteiger partial charge in [-0.3, -0.25) is 9.59 Å². The zero-order chi connectivity index (χ0) is 16.1. The van der Waals surface area contributed by atoms with E-state index >= 15 is 0 Å². The Morgan fingerprint density at radius 3 is 2.38 bits per heavy atom. The summed E-state index contributed by atoms with van der Waals surface area (Å²) in [4.78, 5) is 23.0. The van der Waals surface area contributed by atoms with Gasteiger partial charge in [-0.05, 0) is 25.2 Å². The van der Waals surface area contributed by atoms with Crippen molar-refractivity contribution in [3.63, 3.8) is 0 Å². The summed E-state index contributed by atoms with van der Waals surface area (Å²) in [6, 6.07) is -0.248. The first-order chi connectivity index (χ1) is 9.72. The maximum absolute atomic E-state index is 12.1. The van der Waals surface area contributed by atoms with Crippen LogP contribution in [0.4, 0.5) is 0 Å². The average Bonchev–Trinajstić information content (AvgIpc) is 3.06. The van der Waals surface area contributed by atoms with Gasteiger partial charge in [0.15, 0.2) is 9.84 Å². The minimum atomic E-state index is -3.55. The Labute approximate surface area is 125 Å². The van der Waals surface area contributed by atoms with Crippen molar-refractivity contribution in [3.05, 3.63) is 0 Å². The van der Waals surface area contributed by atoms with Crippen molar-refractivity contribution in [2.45, 2.75) is 32.2 Å². The number of amides is 1. The molecule has 0 aliphatic heterocycles. The van der Waals surface area contributed by atoms with Crippen LogP contribution in [-0.4, -0.2) is 58.7 Å². The van der Waals surface area contributed by atoms with E-state index in [0.717, 1.165) is 0 Å². The van der Waals surface area contributed by atoms with Crippen LogP contribution in [-0.2, 0) is 28.9 Å². The molecule has 1 amide bonds. The lowest BCUT2D eigenvalue weighted by Gasteiger charge is -2.15. The Morgan fingerprint density at radius 1 is 1.29 bits per heavy atom. The molecule has 0 bridgehead atoms. The molecule has 0 spiro atoms. The van der Waals surface area contributed by atoms with E-state index in [1.165, 1.54) is 14.2 Å². The Bertz CT molecular complexity index is 483. The second-order valence-corrected chi connectivity index (χ2v) is 7.77. The molecule has 1 fully saturated rings. The van der Waals surface area contributed by atoms with Crippen LogP contribution >= 0.6 is 0 Å². The minimum Gasteiger partial charge on any atom is -0.469 e. The highest BCUT2D eigenvalue weighted by Gasteiger charge is 2.48. The van der Waals surface area contributed by atoms with Crippen LogP contribution in [0, 0.1) is 5.41 Å². The summed E-state index contributed by atoms with van der Waals surface area (Å²) in [6.45, 7) is 2.05. The van der Waals surface area contributed by atoms with Gasteiger partial charge in [-0.25, -0.2) is 8.42 Å². The number of methoxy groups -OCH3 is 2. The molecule has 122 valence electrons. The summed E-state index contributed by atoms with van der Waals surface area (Å²) in [5, 5.41) is 2.56. The van der Waals surface area contributed by atoms with Gasteiger partial charge in [0.2, 0.25) is 5.91 Å². The fourth-order valence-corrected chi connectivity index (χ4v) is 4.16. The van der Waals surface area contributed by atoms with Gasteiger partial charge < -0.3 is 14.8 Å². The van der Waals surface area contributed by atoms with E-state index in [2.05, 4.69) is 10.1 Å². The van der Waals surface area contributed by atoms with Crippen molar-refractivity contribution in [2.75, 3.05) is 32.3 Å². The molecule has 0 aromatic heterocycles. The highest BCUT2D eigenvalue weighted by atomic mass is 32.2. The highest BCUT2D eigenvalue weighted by molar-refractivity contribution is 7.92. The van der Waals surface area contributed by atoms with E-state index < -0.39 is 32.9 Å². The number of hydrogen-bond donors (Lipinski definition) is 1. The number of ether oxygens (including phenoxy) is 2. The average molecular weight is 321 g/mol. The molecule has 8 heteroatoms. The van der Waals surface area contributed by atoms with Gasteiger partial charge in [0.25, 0.3) is 0 Å². The molecule has 1 unspecified atom stereocenters. The SMILES string of the molecule is COCC(C)NC(=O)CS(=O)(=O)CC1(CC(=O)OC)CC1. The first kappa shape index (κ1) is 17.9. The third kappa shape index (κ3) is 6.43. The van der Waals surface area contributed by atoms with Crippen molar-refractivity contribution >= 4 is 21.7 Å². The largest absolute Gasteiger partial charge is 0.469 e. The molecule has 0 aromatic rings. The molecule has 1 N–H and O–H groups in total. The number of rotatable bonds is 9. The van der Waals surface area contributed by atoms with Gasteiger partial charge in [0.05, 0.1) is 25.9 Å². The van der Waals surface area contributed by atoms with E-state index in [1.807, 2.05) is 0 Å². The normalized spacial score (nSPS) is 17.9. The minimum absolute atomic E-state index is 0.0877. The summed E-state index contributed by atoms with van der Waals surface area (Å²) in [6.07, 6.45) is 1.43. The van der Waals surface area contributed by atoms with Crippen LogP contribution in [0.3, 0.4) is 0 Å². The van der Waals surface area contributed by atoms with Crippen molar-refractivity contribution < 1.29 is 27.5 Å². The summed E-state index contributed by atoms with van der Waals surface area (Å²) in [5.41, 5.74) is -0.537. The van der Waals surface area contributed by atoms with Gasteiger partial charge in [-0.1, -0.05) is 0 Å². The lowest BCUT2D eigenvalue weighted by atomic mass is 10.1. The van der Waals surface area contributed by atoms with E-state index in [-0.39, 0.29) is 18.2 Å². The highest BCUT2D eigenvalue weighted by Crippen LogP contribution is 2.50. The standard InChI is InChI=1S/C13H23NO6S/c1-10(7-19-2)14-11(15)8-21(17,18)9-13(4-5-13)6-12(16)20-3/h10H,4-9H2,1-3H3,(H,14,15). The smallest absolute Gasteiger partial charge is 0.306 e. The maximum atomic E-state index is 12.1. The molecule has 0 aromatic carbocycles. The molecule has 1 aliphatic carbocycles. The van der Waals surface area contributed by atoms with Crippen LogP contribution in [0.1, 0.15) is 26.2 Å². The molecule has 1 rings (SSSR count). The van der Waals surface area contributed by atoms with Crippen molar-refractivity contribution in [1.29, 1.82) is 0 Å². The fourth-order valence-electron chi connectivity index (χ4n) is 2.25. The molecular formula is C13H23NO6S. The van der Waals surface area contributed by atoms with E-state index in [0.29, 0.717) is 19.4 Å². The molecule has 0 saturated heterocycles. The Kier molecular flexibility index (Phi) is 6.15. The second-order valence-electron chi connectivity index (χ2n) is 5.71. The van der Waals surface area contributed by atoms with Gasteiger partial charge in [-0.2, -0.15) is 0 Å². The third-order valence-electron chi connectivity index (χ3n) is 3.41. The van der Waals surface area contributed by atoms with Crippen LogP contribution < -0.4 is 5.32 Å². The first-order valence-corrected chi connectivity index (χ1v) is 8.60. The predicted molar refractivity (Wildman–Crippen MR) is 76.4 cm³/mol. The quantitative estimate of drug-likeness (QED) is 0.595. The number of hydrogen-bond acceptors (Lipinski definition) is 6. The molecule has 1 aliphatic rings. The number of nitrogens with one attached hydrogen (secondary N) is 1. The lowest BCUT2D eigenvalue weighted by Crippen LogP contribution is -2.40. The number of sulfone groups is 1. The van der Waals surface area contributed by atoms with Crippen LogP contribution in [0.5, 0.6) is 0 Å². The Balaban J connectivity index is 2.50. The molecule has 21 heavy (non-hydrogen) atoms. The Morgan fingerprint density at radius 2 is 1.90 bits per heavy atom. The third-order valence-corrected chi connectivity index (χ3v) is 5.16. The molecule has 7 nitrogen and oxygen atoms in total. The van der Waals surface area contributed by atoms with E-state index in [4.69, 9.17) is 4.74 Å². The molecule has 1 saturated carbocycles. The summed E-state index contributed by atoms with van der Waals surface area (Å²) >= 11 is 0. The topological polar surface area (TPSA) is 98.8 Å². The maximum Gasteiger partial charge on any atom is 0.306 e. The van der Waals surface area contributed by atoms with Gasteiger partial charge in [0, 0.05) is 13.2 Å². The van der Waals surface area contributed by atoms with Crippen LogP contribution in [0.2, 0.25) is 0 Å². The molecular weight excluding hydrogens is 298 g/mol. The number of esters is 1. The summed E-state index contributed by atoms with van der Waals surface area (Å²) in [5.74, 6) is -1.68. The van der Waals surface area contributed by atoms with Crippen LogP contribution in [0.15, 0.2) is 0 Å². The number of carbonyl (C=O) groups excluding carboxylic acids is 2. The lowest BCUT2D eigenvalue weighted by molar-refractivity contribution is -0.141. The number of carbonyl (C=O) groups is 2. The fraction of sp³-hybridized carbons (Fsp3) is 0.846. The molecule has 1 atom stereocenters. The zero-order valence-electron chi connectivity index (χ0n) is 12.7. The monoisotopic (exact) mass is 321 g/mol.